The zero-order valence-corrected chi connectivity index (χ0v) is 29.7. The van der Waals surface area contributed by atoms with Crippen LogP contribution in [0, 0.1) is 0 Å². The maximum Gasteiger partial charge on any atom is 0.227 e. The van der Waals surface area contributed by atoms with Crippen molar-refractivity contribution in [3.63, 3.8) is 0 Å². The molecule has 8 aromatic carbocycles. The first kappa shape index (κ1) is 30.6. The Balaban J connectivity index is 1.22. The fourth-order valence-corrected chi connectivity index (χ4v) is 8.36. The molecule has 0 saturated carbocycles. The maximum atomic E-state index is 6.77. The maximum absolute atomic E-state index is 6.77. The summed E-state index contributed by atoms with van der Waals surface area (Å²) in [5, 5.41) is 6.63. The van der Waals surface area contributed by atoms with Crippen LogP contribution >= 0.6 is 0 Å². The van der Waals surface area contributed by atoms with Gasteiger partial charge in [-0.15, -0.1) is 0 Å². The summed E-state index contributed by atoms with van der Waals surface area (Å²) in [5.74, 6) is 2.45. The highest BCUT2D eigenvalue weighted by atomic mass is 16.3. The van der Waals surface area contributed by atoms with Gasteiger partial charge >= 0.3 is 0 Å². The van der Waals surface area contributed by atoms with Gasteiger partial charge < -0.3 is 4.42 Å². The molecule has 0 amide bonds. The summed E-state index contributed by atoms with van der Waals surface area (Å²) in [6.45, 7) is 4.61. The van der Waals surface area contributed by atoms with Gasteiger partial charge in [0.1, 0.15) is 5.52 Å². The van der Waals surface area contributed by atoms with Crippen LogP contribution in [0.25, 0.3) is 100 Å². The van der Waals surface area contributed by atoms with Crippen molar-refractivity contribution in [2.45, 2.75) is 19.3 Å². The average molecular weight is 693 g/mol. The molecule has 0 unspecified atom stereocenters. The predicted octanol–water partition coefficient (Wildman–Crippen LogP) is 12.4. The SMILES string of the molecule is CC1(C)c2ccccc2-c2c1cc(-c1nc(-c3ccc4ccccc4c3)nc(-c3ccc4ccccc4c3)n1)c1ccc3nc(-c4ccccc4)oc3c21. The molecular weight excluding hydrogens is 661 g/mol. The molecule has 11 rings (SSSR count). The van der Waals surface area contributed by atoms with Crippen molar-refractivity contribution >= 4 is 43.4 Å². The van der Waals surface area contributed by atoms with E-state index in [2.05, 4.69) is 141 Å². The van der Waals surface area contributed by atoms with Crippen LogP contribution in [0.4, 0.5) is 0 Å². The van der Waals surface area contributed by atoms with Gasteiger partial charge in [-0.05, 0) is 85.6 Å². The molecule has 0 spiro atoms. The van der Waals surface area contributed by atoms with Crippen molar-refractivity contribution in [3.05, 3.63) is 169 Å². The fourth-order valence-electron chi connectivity index (χ4n) is 8.36. The van der Waals surface area contributed by atoms with Crippen molar-refractivity contribution in [1.82, 2.24) is 19.9 Å². The standard InChI is InChI=1S/C49H32N4O/c1-49(2)39-19-11-10-18-37(39)42-40(49)28-38(36-24-25-41-44(43(36)42)54-48(50-41)31-14-4-3-5-15-31)47-52-45(34-22-20-29-12-6-8-16-32(29)26-34)51-46(53-47)35-23-21-30-13-7-9-17-33(30)27-35/h3-28H,1-2H3. The quantitative estimate of drug-likeness (QED) is 0.184. The van der Waals surface area contributed by atoms with Crippen LogP contribution in [0.2, 0.25) is 0 Å². The summed E-state index contributed by atoms with van der Waals surface area (Å²) in [6, 6.07) is 55.0. The molecule has 0 atom stereocenters. The molecule has 0 fully saturated rings. The summed E-state index contributed by atoms with van der Waals surface area (Å²) in [5.41, 5.74) is 9.89. The number of nitrogens with zero attached hydrogens (tertiary/aromatic N) is 4. The van der Waals surface area contributed by atoms with E-state index in [1.165, 1.54) is 33.0 Å². The smallest absolute Gasteiger partial charge is 0.227 e. The highest BCUT2D eigenvalue weighted by molar-refractivity contribution is 6.18. The highest BCUT2D eigenvalue weighted by Crippen LogP contribution is 2.54. The number of aromatic nitrogens is 4. The second-order valence-corrected chi connectivity index (χ2v) is 14.7. The lowest BCUT2D eigenvalue weighted by molar-refractivity contribution is 0.623. The van der Waals surface area contributed by atoms with E-state index in [1.54, 1.807) is 0 Å². The lowest BCUT2D eigenvalue weighted by atomic mass is 9.81. The van der Waals surface area contributed by atoms with Gasteiger partial charge in [-0.1, -0.05) is 135 Å². The van der Waals surface area contributed by atoms with Crippen LogP contribution in [-0.2, 0) is 5.41 Å². The molecule has 0 N–H and O–H groups in total. The molecule has 2 aromatic heterocycles. The predicted molar refractivity (Wildman–Crippen MR) is 219 cm³/mol. The summed E-state index contributed by atoms with van der Waals surface area (Å²) in [6.07, 6.45) is 0. The van der Waals surface area contributed by atoms with E-state index in [0.29, 0.717) is 23.4 Å². The average Bonchev–Trinajstić information content (AvgIpc) is 3.77. The monoisotopic (exact) mass is 692 g/mol. The van der Waals surface area contributed by atoms with E-state index in [1.807, 2.05) is 30.3 Å². The Morgan fingerprint density at radius 2 is 1.04 bits per heavy atom. The minimum atomic E-state index is -0.283. The largest absolute Gasteiger partial charge is 0.435 e. The molecule has 1 aliphatic rings. The fraction of sp³-hybridized carbons (Fsp3) is 0.0612. The van der Waals surface area contributed by atoms with Crippen LogP contribution in [0.15, 0.2) is 162 Å². The minimum absolute atomic E-state index is 0.283. The Kier molecular flexibility index (Phi) is 6.53. The van der Waals surface area contributed by atoms with Gasteiger partial charge in [-0.25, -0.2) is 19.9 Å². The first-order valence-electron chi connectivity index (χ1n) is 18.3. The molecule has 10 aromatic rings. The molecule has 5 heteroatoms. The number of benzene rings is 8. The van der Waals surface area contributed by atoms with E-state index < -0.39 is 0 Å². The highest BCUT2D eigenvalue weighted by Gasteiger charge is 2.38. The minimum Gasteiger partial charge on any atom is -0.435 e. The van der Waals surface area contributed by atoms with Crippen LogP contribution in [-0.4, -0.2) is 19.9 Å². The van der Waals surface area contributed by atoms with E-state index in [0.717, 1.165) is 54.9 Å². The number of hydrogen-bond acceptors (Lipinski definition) is 5. The molecule has 0 bridgehead atoms. The second-order valence-electron chi connectivity index (χ2n) is 14.7. The topological polar surface area (TPSA) is 64.7 Å². The van der Waals surface area contributed by atoms with Crippen molar-refractivity contribution in [2.24, 2.45) is 0 Å². The number of oxazole rings is 1. The van der Waals surface area contributed by atoms with Crippen molar-refractivity contribution < 1.29 is 4.42 Å². The zero-order chi connectivity index (χ0) is 36.0. The van der Waals surface area contributed by atoms with Crippen molar-refractivity contribution in [2.75, 3.05) is 0 Å². The molecule has 1 aliphatic carbocycles. The Hall–Kier alpha value is -6.98. The van der Waals surface area contributed by atoms with E-state index in [9.17, 15) is 0 Å². The van der Waals surface area contributed by atoms with E-state index >= 15 is 0 Å². The summed E-state index contributed by atoms with van der Waals surface area (Å²) in [7, 11) is 0. The number of fused-ring (bicyclic) bond motifs is 9. The van der Waals surface area contributed by atoms with Crippen LogP contribution < -0.4 is 0 Å². The van der Waals surface area contributed by atoms with Crippen LogP contribution in [0.5, 0.6) is 0 Å². The molecule has 54 heavy (non-hydrogen) atoms. The van der Waals surface area contributed by atoms with E-state index in [-0.39, 0.29) is 5.41 Å². The van der Waals surface area contributed by atoms with Crippen LogP contribution in [0.3, 0.4) is 0 Å². The Labute approximate surface area is 311 Å². The Morgan fingerprint density at radius 3 is 1.72 bits per heavy atom. The van der Waals surface area contributed by atoms with Gasteiger partial charge in [0, 0.05) is 33.1 Å². The normalized spacial score (nSPS) is 13.1. The van der Waals surface area contributed by atoms with Gasteiger partial charge in [0.25, 0.3) is 0 Å². The number of rotatable bonds is 4. The first-order chi connectivity index (χ1) is 26.5. The molecule has 5 nitrogen and oxygen atoms in total. The van der Waals surface area contributed by atoms with Crippen molar-refractivity contribution in [1.29, 1.82) is 0 Å². The van der Waals surface area contributed by atoms with Crippen molar-refractivity contribution in [3.8, 4) is 56.7 Å². The molecule has 2 heterocycles. The van der Waals surface area contributed by atoms with Gasteiger partial charge in [0.2, 0.25) is 5.89 Å². The molecule has 0 aliphatic heterocycles. The lowest BCUT2D eigenvalue weighted by Crippen LogP contribution is -2.15. The van der Waals surface area contributed by atoms with Gasteiger partial charge in [0.15, 0.2) is 23.1 Å². The molecule has 0 radical (unpaired) electrons. The summed E-state index contributed by atoms with van der Waals surface area (Å²) in [4.78, 5) is 20.8. The summed E-state index contributed by atoms with van der Waals surface area (Å²) >= 11 is 0. The lowest BCUT2D eigenvalue weighted by Gasteiger charge is -2.22. The van der Waals surface area contributed by atoms with Gasteiger partial charge in [-0.2, -0.15) is 0 Å². The summed E-state index contributed by atoms with van der Waals surface area (Å²) < 4.78 is 6.77. The van der Waals surface area contributed by atoms with E-state index in [4.69, 9.17) is 24.4 Å². The molecule has 0 saturated heterocycles. The third-order valence-electron chi connectivity index (χ3n) is 11.1. The zero-order valence-electron chi connectivity index (χ0n) is 29.7. The van der Waals surface area contributed by atoms with Gasteiger partial charge in [0.05, 0.1) is 0 Å². The third-order valence-corrected chi connectivity index (χ3v) is 11.1. The number of hydrogen-bond donors (Lipinski definition) is 0. The Morgan fingerprint density at radius 1 is 0.444 bits per heavy atom. The first-order valence-corrected chi connectivity index (χ1v) is 18.3. The Bertz CT molecular complexity index is 3050. The van der Waals surface area contributed by atoms with Gasteiger partial charge in [-0.3, -0.25) is 0 Å². The third kappa shape index (κ3) is 4.65. The molecule has 254 valence electrons. The molecular formula is C49H32N4O. The van der Waals surface area contributed by atoms with Crippen LogP contribution in [0.1, 0.15) is 25.0 Å². The second kappa shape index (κ2) is 11.5.